The lowest BCUT2D eigenvalue weighted by molar-refractivity contribution is -0.272. The van der Waals surface area contributed by atoms with Crippen molar-refractivity contribution in [2.45, 2.75) is 81.7 Å². The highest BCUT2D eigenvalue weighted by atomic mass is 16.5. The highest BCUT2D eigenvalue weighted by molar-refractivity contribution is 5.85. The van der Waals surface area contributed by atoms with Gasteiger partial charge in [0.1, 0.15) is 12.9 Å². The molecule has 166 valence electrons. The monoisotopic (exact) mass is 420 g/mol. The lowest BCUT2D eigenvalue weighted by atomic mass is 9.41. The Bertz CT molecular complexity index is 809. The van der Waals surface area contributed by atoms with Crippen LogP contribution in [0.1, 0.15) is 58.3 Å². The number of esters is 1. The fraction of sp³-hybridized carbons (Fsp3) is 0.826. The van der Waals surface area contributed by atoms with Gasteiger partial charge in [0.15, 0.2) is 0 Å². The van der Waals surface area contributed by atoms with Crippen LogP contribution in [0, 0.1) is 28.6 Å². The molecule has 7 heteroatoms. The molecule has 0 bridgehead atoms. The number of aliphatic hydroxyl groups is 4. The third kappa shape index (κ3) is 2.35. The number of ether oxygens (including phenoxy) is 1. The molecule has 0 aromatic carbocycles. The summed E-state index contributed by atoms with van der Waals surface area (Å²) >= 11 is 0. The number of aldehydes is 1. The fourth-order valence-electron chi connectivity index (χ4n) is 8.40. The van der Waals surface area contributed by atoms with Gasteiger partial charge in [-0.15, -0.1) is 0 Å². The van der Waals surface area contributed by atoms with Crippen LogP contribution in [-0.2, 0) is 14.3 Å². The molecule has 6 unspecified atom stereocenters. The van der Waals surface area contributed by atoms with Crippen LogP contribution < -0.4 is 0 Å². The van der Waals surface area contributed by atoms with E-state index < -0.39 is 40.2 Å². The van der Waals surface area contributed by atoms with Crippen LogP contribution in [0.2, 0.25) is 0 Å². The van der Waals surface area contributed by atoms with Crippen LogP contribution in [0.4, 0.5) is 0 Å². The number of fused-ring (bicyclic) bond motifs is 5. The van der Waals surface area contributed by atoms with E-state index >= 15 is 0 Å². The molecule has 0 amide bonds. The van der Waals surface area contributed by atoms with E-state index in [1.807, 2.05) is 6.92 Å². The molecule has 5 rings (SSSR count). The lowest BCUT2D eigenvalue weighted by Gasteiger charge is -2.66. The summed E-state index contributed by atoms with van der Waals surface area (Å²) in [5.74, 6) is -1.29. The lowest BCUT2D eigenvalue weighted by Crippen LogP contribution is -2.72. The smallest absolute Gasteiger partial charge is 0.331 e. The van der Waals surface area contributed by atoms with Gasteiger partial charge in [-0.3, -0.25) is 0 Å². The van der Waals surface area contributed by atoms with Crippen molar-refractivity contribution in [3.8, 4) is 0 Å². The van der Waals surface area contributed by atoms with E-state index in [1.165, 1.54) is 6.08 Å². The first-order valence-electron chi connectivity index (χ1n) is 11.2. The second-order valence-corrected chi connectivity index (χ2v) is 10.8. The summed E-state index contributed by atoms with van der Waals surface area (Å²) < 4.78 is 5.12. The molecule has 30 heavy (non-hydrogen) atoms. The minimum Gasteiger partial charge on any atom is -0.458 e. The number of aliphatic hydroxyl groups excluding tert-OH is 2. The first-order valence-corrected chi connectivity index (χ1v) is 11.2. The van der Waals surface area contributed by atoms with Crippen LogP contribution in [0.5, 0.6) is 0 Å². The molecule has 0 saturated heterocycles. The Kier molecular flexibility index (Phi) is 4.38. The predicted octanol–water partition coefficient (Wildman–Crippen LogP) is 0.869. The third-order valence-corrected chi connectivity index (χ3v) is 9.80. The molecule has 1 heterocycles. The van der Waals surface area contributed by atoms with Gasteiger partial charge in [-0.1, -0.05) is 6.92 Å². The Hall–Kier alpha value is -1.28. The minimum absolute atomic E-state index is 0.0641. The van der Waals surface area contributed by atoms with Crippen molar-refractivity contribution in [1.82, 2.24) is 0 Å². The zero-order valence-electron chi connectivity index (χ0n) is 17.4. The summed E-state index contributed by atoms with van der Waals surface area (Å²) in [5.41, 5.74) is -3.37. The normalized spacial score (nSPS) is 55.2. The first kappa shape index (κ1) is 20.6. The standard InChI is InChI=1S/C23H32O7/c1-20-10-17(26)19-16(3-6-22(28)9-14(25)2-5-21(19,22)12-24)23(20,29)7-4-15(20)13-8-18(27)30-11-13/h8,12,14-17,19,25-26,28-29H,2-7,9-11H2,1H3/t14?,15?,16?,17-,19?,20+,21-,22?,23?/m0/s1. The molecule has 0 aromatic heterocycles. The fourth-order valence-corrected chi connectivity index (χ4v) is 8.40. The first-order chi connectivity index (χ1) is 14.1. The summed E-state index contributed by atoms with van der Waals surface area (Å²) in [6.07, 6.45) is 4.02. The Balaban J connectivity index is 1.56. The summed E-state index contributed by atoms with van der Waals surface area (Å²) in [7, 11) is 0. The molecule has 0 spiro atoms. The maximum Gasteiger partial charge on any atom is 0.331 e. The van der Waals surface area contributed by atoms with E-state index in [-0.39, 0.29) is 30.8 Å². The van der Waals surface area contributed by atoms with Crippen LogP contribution >= 0.6 is 0 Å². The summed E-state index contributed by atoms with van der Waals surface area (Å²) in [5, 5.41) is 45.1. The van der Waals surface area contributed by atoms with Crippen LogP contribution in [0.15, 0.2) is 11.6 Å². The van der Waals surface area contributed by atoms with E-state index in [9.17, 15) is 30.0 Å². The van der Waals surface area contributed by atoms with Crippen LogP contribution in [0.25, 0.3) is 0 Å². The SMILES string of the molecule is C[C@]12C[C@H](O)C3C(CCC4(O)CC(O)CC[C@]34C=O)C1(O)CCC2C1=CC(=O)OC1. The Labute approximate surface area is 176 Å². The Morgan fingerprint density at radius 3 is 2.53 bits per heavy atom. The number of cyclic esters (lactones) is 1. The van der Waals surface area contributed by atoms with Crippen molar-refractivity contribution < 1.29 is 34.8 Å². The maximum atomic E-state index is 12.5. The van der Waals surface area contributed by atoms with Gasteiger partial charge in [0.2, 0.25) is 0 Å². The second kappa shape index (κ2) is 6.37. The van der Waals surface area contributed by atoms with Gasteiger partial charge in [-0.2, -0.15) is 0 Å². The van der Waals surface area contributed by atoms with Gasteiger partial charge in [-0.05, 0) is 62.4 Å². The maximum absolute atomic E-state index is 12.5. The molecule has 7 nitrogen and oxygen atoms in total. The minimum atomic E-state index is -1.36. The second-order valence-electron chi connectivity index (χ2n) is 10.8. The molecule has 4 aliphatic carbocycles. The van der Waals surface area contributed by atoms with Gasteiger partial charge in [-0.25, -0.2) is 4.79 Å². The number of hydrogen-bond donors (Lipinski definition) is 4. The topological polar surface area (TPSA) is 124 Å². The summed E-state index contributed by atoms with van der Waals surface area (Å²) in [6.45, 7) is 2.22. The summed E-state index contributed by atoms with van der Waals surface area (Å²) in [4.78, 5) is 24.2. The van der Waals surface area contributed by atoms with Gasteiger partial charge >= 0.3 is 5.97 Å². The van der Waals surface area contributed by atoms with Gasteiger partial charge in [0, 0.05) is 23.8 Å². The zero-order valence-corrected chi connectivity index (χ0v) is 17.4. The van der Waals surface area contributed by atoms with Crippen molar-refractivity contribution in [1.29, 1.82) is 0 Å². The van der Waals surface area contributed by atoms with Crippen molar-refractivity contribution in [2.75, 3.05) is 6.61 Å². The molecular weight excluding hydrogens is 388 g/mol. The quantitative estimate of drug-likeness (QED) is 0.386. The van der Waals surface area contributed by atoms with E-state index in [1.54, 1.807) is 0 Å². The van der Waals surface area contributed by atoms with E-state index in [0.717, 1.165) is 11.9 Å². The Morgan fingerprint density at radius 2 is 1.87 bits per heavy atom. The molecular formula is C23H32O7. The molecule has 4 fully saturated rings. The van der Waals surface area contributed by atoms with Gasteiger partial charge in [0.25, 0.3) is 0 Å². The number of hydrogen-bond acceptors (Lipinski definition) is 7. The zero-order chi connectivity index (χ0) is 21.5. The van der Waals surface area contributed by atoms with E-state index in [4.69, 9.17) is 4.74 Å². The highest BCUT2D eigenvalue weighted by Crippen LogP contribution is 2.70. The van der Waals surface area contributed by atoms with E-state index in [0.29, 0.717) is 44.9 Å². The molecule has 0 aromatic rings. The van der Waals surface area contributed by atoms with E-state index in [2.05, 4.69) is 0 Å². The summed E-state index contributed by atoms with van der Waals surface area (Å²) in [6, 6.07) is 0. The number of carbonyl (C=O) groups is 2. The van der Waals surface area contributed by atoms with Crippen molar-refractivity contribution >= 4 is 12.3 Å². The molecule has 5 aliphatic rings. The average molecular weight is 421 g/mol. The van der Waals surface area contributed by atoms with Crippen molar-refractivity contribution in [2.24, 2.45) is 28.6 Å². The largest absolute Gasteiger partial charge is 0.458 e. The van der Waals surface area contributed by atoms with Crippen LogP contribution in [-0.4, -0.2) is 62.7 Å². The van der Waals surface area contributed by atoms with Crippen molar-refractivity contribution in [3.63, 3.8) is 0 Å². The van der Waals surface area contributed by atoms with Gasteiger partial charge in [0.05, 0.1) is 28.8 Å². The Morgan fingerprint density at radius 1 is 1.10 bits per heavy atom. The molecule has 4 N–H and O–H groups in total. The number of rotatable bonds is 2. The third-order valence-electron chi connectivity index (χ3n) is 9.80. The molecule has 9 atom stereocenters. The molecule has 4 saturated carbocycles. The average Bonchev–Trinajstić information content (AvgIpc) is 3.21. The molecule has 1 aliphatic heterocycles. The molecule has 0 radical (unpaired) electrons. The highest BCUT2D eigenvalue weighted by Gasteiger charge is 2.73. The predicted molar refractivity (Wildman–Crippen MR) is 105 cm³/mol. The van der Waals surface area contributed by atoms with Gasteiger partial charge < -0.3 is 30.0 Å². The van der Waals surface area contributed by atoms with Crippen molar-refractivity contribution in [3.05, 3.63) is 11.6 Å². The number of carbonyl (C=O) groups excluding carboxylic acids is 2. The van der Waals surface area contributed by atoms with Crippen LogP contribution in [0.3, 0.4) is 0 Å².